The van der Waals surface area contributed by atoms with Gasteiger partial charge in [0.1, 0.15) is 6.61 Å². The summed E-state index contributed by atoms with van der Waals surface area (Å²) in [7, 11) is 0.559. The fourth-order valence-corrected chi connectivity index (χ4v) is 0.698. The second kappa shape index (κ2) is 15.8. The maximum Gasteiger partial charge on any atom is 0.397 e. The van der Waals surface area contributed by atoms with Crippen molar-refractivity contribution in [1.29, 1.82) is 0 Å². The summed E-state index contributed by atoms with van der Waals surface area (Å²) in [4.78, 5) is 23.2. The Hall–Kier alpha value is -1.75. The molecule has 0 heterocycles. The molecular formula is C15H29NO8S. The molecule has 0 aromatic rings. The summed E-state index contributed by atoms with van der Waals surface area (Å²) in [6, 6.07) is 0. The minimum atomic E-state index is -4.16. The maximum atomic E-state index is 10.8. The molecule has 0 amide bonds. The first kappa shape index (κ1) is 28.1. The molecule has 0 radical (unpaired) electrons. The van der Waals surface area contributed by atoms with Crippen LogP contribution in [0.15, 0.2) is 24.3 Å². The molecule has 148 valence electrons. The molecule has 0 aliphatic heterocycles. The Morgan fingerprint density at radius 3 is 1.60 bits per heavy atom. The molecule has 0 bridgehead atoms. The Bertz CT molecular complexity index is 526. The lowest BCUT2D eigenvalue weighted by Gasteiger charge is -2.09. The van der Waals surface area contributed by atoms with Crippen LogP contribution in [0.3, 0.4) is 0 Å². The topological polar surface area (TPSA) is 119 Å². The lowest BCUT2D eigenvalue weighted by Crippen LogP contribution is -2.20. The van der Waals surface area contributed by atoms with E-state index in [9.17, 15) is 18.0 Å². The number of hydrogen-bond acceptors (Lipinski definition) is 8. The first-order valence-electron chi connectivity index (χ1n) is 7.11. The summed E-state index contributed by atoms with van der Waals surface area (Å²) >= 11 is 0. The third-order valence-electron chi connectivity index (χ3n) is 1.95. The average Bonchev–Trinajstić information content (AvgIpc) is 2.47. The minimum Gasteiger partial charge on any atom is -0.463 e. The van der Waals surface area contributed by atoms with Crippen LogP contribution in [0.25, 0.3) is 0 Å². The van der Waals surface area contributed by atoms with Crippen molar-refractivity contribution < 1.29 is 36.2 Å². The Kier molecular flexibility index (Phi) is 17.7. The predicted octanol–water partition coefficient (Wildman–Crippen LogP) is 1.23. The molecule has 0 fully saturated rings. The largest absolute Gasteiger partial charge is 0.463 e. The summed E-state index contributed by atoms with van der Waals surface area (Å²) < 4.78 is 39.1. The smallest absolute Gasteiger partial charge is 0.397 e. The quantitative estimate of drug-likeness (QED) is 0.393. The molecule has 0 atom stereocenters. The fraction of sp³-hybridized carbons (Fsp3) is 0.600. The van der Waals surface area contributed by atoms with Crippen LogP contribution < -0.4 is 0 Å². The zero-order chi connectivity index (χ0) is 20.6. The van der Waals surface area contributed by atoms with Crippen molar-refractivity contribution in [2.75, 3.05) is 41.0 Å². The summed E-state index contributed by atoms with van der Waals surface area (Å²) in [5.41, 5.74) is 0.899. The minimum absolute atomic E-state index is 0.312. The van der Waals surface area contributed by atoms with Crippen LogP contribution in [0.4, 0.5) is 0 Å². The van der Waals surface area contributed by atoms with E-state index in [0.717, 1.165) is 13.7 Å². The van der Waals surface area contributed by atoms with E-state index in [1.807, 2.05) is 19.0 Å². The molecule has 0 unspecified atom stereocenters. The van der Waals surface area contributed by atoms with Crippen LogP contribution in [0.1, 0.15) is 20.8 Å². The number of nitrogens with zero attached hydrogens (tertiary/aromatic N) is 1. The van der Waals surface area contributed by atoms with Gasteiger partial charge in [-0.25, -0.2) is 9.59 Å². The highest BCUT2D eigenvalue weighted by Crippen LogP contribution is 1.91. The molecule has 1 N–H and O–H groups in total. The summed E-state index contributed by atoms with van der Waals surface area (Å²) in [6.45, 7) is 13.5. The van der Waals surface area contributed by atoms with Crippen molar-refractivity contribution >= 4 is 22.3 Å². The van der Waals surface area contributed by atoms with Crippen molar-refractivity contribution in [1.82, 2.24) is 4.90 Å². The van der Waals surface area contributed by atoms with Crippen molar-refractivity contribution in [3.05, 3.63) is 24.3 Å². The zero-order valence-electron chi connectivity index (χ0n) is 15.7. The number of hydrogen-bond donors (Lipinski definition) is 1. The molecule has 0 saturated heterocycles. The van der Waals surface area contributed by atoms with Gasteiger partial charge in [0.05, 0.1) is 13.7 Å². The van der Waals surface area contributed by atoms with Gasteiger partial charge < -0.3 is 14.4 Å². The third kappa shape index (κ3) is 27.4. The fourth-order valence-electron chi connectivity index (χ4n) is 0.698. The Balaban J connectivity index is -0.000000306. The van der Waals surface area contributed by atoms with E-state index in [-0.39, 0.29) is 11.9 Å². The van der Waals surface area contributed by atoms with Crippen LogP contribution in [0.2, 0.25) is 0 Å². The Morgan fingerprint density at radius 2 is 1.40 bits per heavy atom. The van der Waals surface area contributed by atoms with E-state index >= 15 is 0 Å². The first-order chi connectivity index (χ1) is 11.3. The second-order valence-corrected chi connectivity index (χ2v) is 6.00. The van der Waals surface area contributed by atoms with E-state index in [4.69, 9.17) is 9.29 Å². The number of carbonyl (C=O) groups is 2. The molecule has 25 heavy (non-hydrogen) atoms. The van der Waals surface area contributed by atoms with Crippen molar-refractivity contribution in [3.8, 4) is 0 Å². The van der Waals surface area contributed by atoms with Crippen molar-refractivity contribution in [2.24, 2.45) is 0 Å². The van der Waals surface area contributed by atoms with Gasteiger partial charge in [-0.3, -0.25) is 8.74 Å². The van der Waals surface area contributed by atoms with Gasteiger partial charge in [-0.1, -0.05) is 13.2 Å². The summed E-state index contributed by atoms with van der Waals surface area (Å²) in [5, 5.41) is 0. The van der Waals surface area contributed by atoms with Gasteiger partial charge >= 0.3 is 22.3 Å². The van der Waals surface area contributed by atoms with Gasteiger partial charge in [0, 0.05) is 17.7 Å². The molecule has 0 saturated carbocycles. The van der Waals surface area contributed by atoms with Crippen molar-refractivity contribution in [2.45, 2.75) is 20.8 Å². The highest BCUT2D eigenvalue weighted by atomic mass is 32.3. The van der Waals surface area contributed by atoms with E-state index < -0.39 is 10.4 Å². The van der Waals surface area contributed by atoms with Gasteiger partial charge in [-0.15, -0.1) is 0 Å². The molecule has 0 aromatic carbocycles. The first-order valence-corrected chi connectivity index (χ1v) is 8.47. The molecule has 0 aliphatic rings. The van der Waals surface area contributed by atoms with E-state index in [2.05, 4.69) is 22.1 Å². The lowest BCUT2D eigenvalue weighted by molar-refractivity contribution is -0.139. The van der Waals surface area contributed by atoms with Gasteiger partial charge in [-0.2, -0.15) is 8.42 Å². The number of likely N-dealkylation sites (N-methyl/N-ethyl adjacent to an activating group) is 1. The number of carbonyl (C=O) groups excluding carboxylic acids is 2. The normalized spacial score (nSPS) is 9.76. The van der Waals surface area contributed by atoms with E-state index in [1.165, 1.54) is 0 Å². The molecule has 0 aliphatic carbocycles. The van der Waals surface area contributed by atoms with E-state index in [1.54, 1.807) is 20.8 Å². The molecule has 0 spiro atoms. The van der Waals surface area contributed by atoms with Crippen molar-refractivity contribution in [3.63, 3.8) is 0 Å². The molecule has 0 aromatic heterocycles. The zero-order valence-corrected chi connectivity index (χ0v) is 16.5. The maximum absolute atomic E-state index is 10.8. The third-order valence-corrected chi connectivity index (χ3v) is 2.38. The predicted molar refractivity (Wildman–Crippen MR) is 94.3 cm³/mol. The molecule has 10 heteroatoms. The second-order valence-electron chi connectivity index (χ2n) is 4.81. The SMILES string of the molecule is C=C(C)C(=O)OCC.C=C(C)C(=O)OCCN(C)C.COS(=O)(=O)O. The highest BCUT2D eigenvalue weighted by molar-refractivity contribution is 7.80. The molecular weight excluding hydrogens is 354 g/mol. The number of ether oxygens (including phenoxy) is 2. The summed E-state index contributed by atoms with van der Waals surface area (Å²) in [5.74, 6) is -0.626. The monoisotopic (exact) mass is 383 g/mol. The van der Waals surface area contributed by atoms with Crippen LogP contribution in [0.5, 0.6) is 0 Å². The van der Waals surface area contributed by atoms with Gasteiger partial charge in [-0.05, 0) is 34.9 Å². The van der Waals surface area contributed by atoms with Crippen LogP contribution in [-0.4, -0.2) is 70.8 Å². The standard InChI is InChI=1S/C8H15NO2.C6H10O2.CH4O4S/c1-7(2)8(10)11-6-5-9(3)4;1-4-8-6(7)5(2)3;1-5-6(2,3)4/h1,5-6H2,2-4H3;2,4H2,1,3H3;1H3,(H,2,3,4). The lowest BCUT2D eigenvalue weighted by atomic mass is 10.4. The molecule has 9 nitrogen and oxygen atoms in total. The van der Waals surface area contributed by atoms with Gasteiger partial charge in [0.2, 0.25) is 0 Å². The number of rotatable bonds is 7. The highest BCUT2D eigenvalue weighted by Gasteiger charge is 2.01. The van der Waals surface area contributed by atoms with E-state index in [0.29, 0.717) is 24.4 Å². The van der Waals surface area contributed by atoms with Gasteiger partial charge in [0.15, 0.2) is 0 Å². The molecule has 0 rings (SSSR count). The Morgan fingerprint density at radius 1 is 1.04 bits per heavy atom. The van der Waals surface area contributed by atoms with Crippen LogP contribution >= 0.6 is 0 Å². The van der Waals surface area contributed by atoms with Crippen LogP contribution in [0, 0.1) is 0 Å². The number of esters is 2. The van der Waals surface area contributed by atoms with Gasteiger partial charge in [0.25, 0.3) is 0 Å². The average molecular weight is 383 g/mol. The van der Waals surface area contributed by atoms with Crippen LogP contribution in [-0.2, 0) is 33.6 Å². The Labute approximate surface area is 150 Å². The summed E-state index contributed by atoms with van der Waals surface area (Å²) in [6.07, 6.45) is 0.